The zero-order valence-electron chi connectivity index (χ0n) is 6.60. The normalized spacial score (nSPS) is 26.7. The van der Waals surface area contributed by atoms with E-state index in [4.69, 9.17) is 5.26 Å². The molecule has 6 nitrogen and oxygen atoms in total. The molecule has 0 bridgehead atoms. The molecule has 0 radical (unpaired) electrons. The molecule has 0 aromatic heterocycles. The van der Waals surface area contributed by atoms with Crippen LogP contribution in [0.15, 0.2) is 0 Å². The van der Waals surface area contributed by atoms with Gasteiger partial charge in [0, 0.05) is 0 Å². The van der Waals surface area contributed by atoms with Crippen molar-refractivity contribution >= 4 is 17.3 Å². The summed E-state index contributed by atoms with van der Waals surface area (Å²) in [6.45, 7) is -0.0557. The Morgan fingerprint density at radius 2 is 2.54 bits per heavy atom. The summed E-state index contributed by atoms with van der Waals surface area (Å²) in [5, 5.41) is 8.14. The predicted octanol–water partition coefficient (Wildman–Crippen LogP) is -0.563. The number of esters is 1. The fourth-order valence-corrected chi connectivity index (χ4v) is 1.28. The van der Waals surface area contributed by atoms with E-state index in [2.05, 4.69) is 13.1 Å². The van der Waals surface area contributed by atoms with E-state index in [-0.39, 0.29) is 19.6 Å². The van der Waals surface area contributed by atoms with Crippen molar-refractivity contribution in [2.45, 2.75) is 12.5 Å². The summed E-state index contributed by atoms with van der Waals surface area (Å²) >= 11 is -1.85. The maximum atomic E-state index is 11.0. The number of hydrogen-bond acceptors (Lipinski definition) is 6. The van der Waals surface area contributed by atoms with Crippen molar-refractivity contribution in [2.24, 2.45) is 0 Å². The second-order valence-electron chi connectivity index (χ2n) is 2.15. The van der Waals surface area contributed by atoms with Gasteiger partial charge in [-0.3, -0.25) is 8.37 Å². The van der Waals surface area contributed by atoms with Gasteiger partial charge in [-0.1, -0.05) is 0 Å². The minimum Gasteiger partial charge on any atom is -0.463 e. The van der Waals surface area contributed by atoms with Gasteiger partial charge in [0.15, 0.2) is 6.10 Å². The summed E-state index contributed by atoms with van der Waals surface area (Å²) < 4.78 is 24.1. The van der Waals surface area contributed by atoms with Crippen LogP contribution >= 0.6 is 0 Å². The van der Waals surface area contributed by atoms with E-state index < -0.39 is 23.4 Å². The Bertz CT molecular complexity index is 260. The molecule has 1 aliphatic heterocycles. The lowest BCUT2D eigenvalue weighted by molar-refractivity contribution is -0.150. The van der Waals surface area contributed by atoms with Crippen molar-refractivity contribution in [3.63, 3.8) is 0 Å². The average molecular weight is 205 g/mol. The summed E-state index contributed by atoms with van der Waals surface area (Å²) in [6, 6.07) is 1.81. The minimum atomic E-state index is -1.85. The molecule has 0 amide bonds. The standard InChI is InChI=1S/C6H7NO5S/c7-2-1-3-10-6(8)5-4-11-13(9)12-5/h5H,1,3-4H2. The Balaban J connectivity index is 2.24. The van der Waals surface area contributed by atoms with Crippen LogP contribution in [0.4, 0.5) is 0 Å². The number of ether oxygens (including phenoxy) is 1. The van der Waals surface area contributed by atoms with Crippen LogP contribution in [0.25, 0.3) is 0 Å². The van der Waals surface area contributed by atoms with Crippen LogP contribution in [0.1, 0.15) is 6.42 Å². The van der Waals surface area contributed by atoms with Crippen LogP contribution in [-0.4, -0.2) is 29.5 Å². The summed E-state index contributed by atoms with van der Waals surface area (Å²) in [6.07, 6.45) is -0.804. The first-order chi connectivity index (χ1) is 6.24. The van der Waals surface area contributed by atoms with Crippen molar-refractivity contribution in [1.82, 2.24) is 0 Å². The SMILES string of the molecule is N#CCCOC(=O)C1COS(=O)O1. The third-order valence-electron chi connectivity index (χ3n) is 1.23. The lowest BCUT2D eigenvalue weighted by Gasteiger charge is -2.04. The molecule has 1 rings (SSSR count). The van der Waals surface area contributed by atoms with Crippen molar-refractivity contribution in [2.75, 3.05) is 13.2 Å². The Morgan fingerprint density at radius 3 is 3.08 bits per heavy atom. The number of hydrogen-bond donors (Lipinski definition) is 0. The molecule has 1 heterocycles. The Kier molecular flexibility index (Phi) is 3.82. The van der Waals surface area contributed by atoms with Crippen molar-refractivity contribution < 1.29 is 22.1 Å². The van der Waals surface area contributed by atoms with Gasteiger partial charge in [0.2, 0.25) is 0 Å². The fraction of sp³-hybridized carbons (Fsp3) is 0.667. The second kappa shape index (κ2) is 4.91. The zero-order chi connectivity index (χ0) is 9.68. The maximum Gasteiger partial charge on any atom is 0.339 e. The molecule has 1 aliphatic rings. The third kappa shape index (κ3) is 3.10. The van der Waals surface area contributed by atoms with Crippen molar-refractivity contribution in [1.29, 1.82) is 5.26 Å². The Morgan fingerprint density at radius 1 is 1.77 bits per heavy atom. The van der Waals surface area contributed by atoms with E-state index in [0.29, 0.717) is 0 Å². The molecule has 0 spiro atoms. The van der Waals surface area contributed by atoms with Crippen molar-refractivity contribution in [3.05, 3.63) is 0 Å². The van der Waals surface area contributed by atoms with E-state index in [1.54, 1.807) is 0 Å². The monoisotopic (exact) mass is 205 g/mol. The smallest absolute Gasteiger partial charge is 0.339 e. The molecule has 7 heteroatoms. The first kappa shape index (κ1) is 10.1. The van der Waals surface area contributed by atoms with E-state index in [1.165, 1.54) is 0 Å². The molecule has 13 heavy (non-hydrogen) atoms. The molecule has 0 aromatic carbocycles. The first-order valence-electron chi connectivity index (χ1n) is 3.50. The van der Waals surface area contributed by atoms with Crippen LogP contribution in [0.2, 0.25) is 0 Å². The fourth-order valence-electron chi connectivity index (χ4n) is 0.665. The van der Waals surface area contributed by atoms with Gasteiger partial charge in [0.25, 0.3) is 0 Å². The van der Waals surface area contributed by atoms with E-state index in [9.17, 15) is 9.00 Å². The number of nitrogens with zero attached hydrogens (tertiary/aromatic N) is 1. The van der Waals surface area contributed by atoms with Crippen LogP contribution in [0, 0.1) is 11.3 Å². The molecule has 2 unspecified atom stereocenters. The highest BCUT2D eigenvalue weighted by atomic mass is 32.2. The Hall–Kier alpha value is -0.970. The molecule has 0 aliphatic carbocycles. The van der Waals surface area contributed by atoms with Gasteiger partial charge in [-0.2, -0.15) is 9.47 Å². The number of carbonyl (C=O) groups excluding carboxylic acids is 1. The molecule has 1 fully saturated rings. The van der Waals surface area contributed by atoms with Crippen LogP contribution in [0.5, 0.6) is 0 Å². The summed E-state index contributed by atoms with van der Waals surface area (Å²) in [4.78, 5) is 11.0. The number of rotatable bonds is 3. The van der Waals surface area contributed by atoms with E-state index in [1.807, 2.05) is 6.07 Å². The molecule has 0 N–H and O–H groups in total. The summed E-state index contributed by atoms with van der Waals surface area (Å²) in [5.74, 6) is -0.652. The molecule has 0 aromatic rings. The Labute approximate surface area is 77.2 Å². The maximum absolute atomic E-state index is 11.0. The van der Waals surface area contributed by atoms with Crippen LogP contribution in [-0.2, 0) is 29.3 Å². The quantitative estimate of drug-likeness (QED) is 0.453. The van der Waals surface area contributed by atoms with Gasteiger partial charge in [0.05, 0.1) is 12.5 Å². The number of carbonyl (C=O) groups is 1. The third-order valence-corrected chi connectivity index (χ3v) is 1.95. The number of nitriles is 1. The summed E-state index contributed by atoms with van der Waals surface area (Å²) in [5.41, 5.74) is 0. The predicted molar refractivity (Wildman–Crippen MR) is 40.2 cm³/mol. The van der Waals surface area contributed by atoms with Gasteiger partial charge in [0.1, 0.15) is 13.2 Å². The summed E-state index contributed by atoms with van der Waals surface area (Å²) in [7, 11) is 0. The highest BCUT2D eigenvalue weighted by Crippen LogP contribution is 2.09. The topological polar surface area (TPSA) is 85.6 Å². The molecule has 0 saturated carbocycles. The first-order valence-corrected chi connectivity index (χ1v) is 4.50. The van der Waals surface area contributed by atoms with Gasteiger partial charge >= 0.3 is 17.3 Å². The highest BCUT2D eigenvalue weighted by Gasteiger charge is 2.31. The van der Waals surface area contributed by atoms with Gasteiger partial charge in [-0.15, -0.1) is 0 Å². The highest BCUT2D eigenvalue weighted by molar-refractivity contribution is 7.75. The second-order valence-corrected chi connectivity index (χ2v) is 2.99. The molecule has 72 valence electrons. The largest absolute Gasteiger partial charge is 0.463 e. The molecular weight excluding hydrogens is 198 g/mol. The molecule has 1 saturated heterocycles. The molecule has 2 atom stereocenters. The van der Waals surface area contributed by atoms with E-state index in [0.717, 1.165) is 0 Å². The van der Waals surface area contributed by atoms with Gasteiger partial charge < -0.3 is 4.74 Å². The van der Waals surface area contributed by atoms with Crippen LogP contribution < -0.4 is 0 Å². The lowest BCUT2D eigenvalue weighted by atomic mass is 10.4. The molecular formula is C6H7NO5S. The minimum absolute atomic E-state index is 0.0157. The lowest BCUT2D eigenvalue weighted by Crippen LogP contribution is -2.25. The van der Waals surface area contributed by atoms with E-state index >= 15 is 0 Å². The average Bonchev–Trinajstić information content (AvgIpc) is 2.52. The van der Waals surface area contributed by atoms with Crippen LogP contribution in [0.3, 0.4) is 0 Å². The van der Waals surface area contributed by atoms with Gasteiger partial charge in [-0.05, 0) is 0 Å². The zero-order valence-corrected chi connectivity index (χ0v) is 7.41. The van der Waals surface area contributed by atoms with Crippen molar-refractivity contribution in [3.8, 4) is 6.07 Å². The van der Waals surface area contributed by atoms with Gasteiger partial charge in [-0.25, -0.2) is 4.79 Å².